The van der Waals surface area contributed by atoms with Gasteiger partial charge in [0.1, 0.15) is 12.4 Å². The quantitative estimate of drug-likeness (QED) is 0.658. The van der Waals surface area contributed by atoms with E-state index in [-0.39, 0.29) is 5.91 Å². The van der Waals surface area contributed by atoms with E-state index in [1.54, 1.807) is 0 Å². The Morgan fingerprint density at radius 3 is 2.80 bits per heavy atom. The van der Waals surface area contributed by atoms with Gasteiger partial charge in [-0.2, -0.15) is 11.8 Å². The van der Waals surface area contributed by atoms with Crippen LogP contribution < -0.4 is 4.57 Å². The monoisotopic (exact) mass is 226 g/mol. The third-order valence-corrected chi connectivity index (χ3v) is 3.45. The van der Waals surface area contributed by atoms with Gasteiger partial charge in [-0.3, -0.25) is 4.79 Å². The number of carbonyl (C=O) groups excluding carboxylic acids is 1. The Morgan fingerprint density at radius 2 is 2.20 bits per heavy atom. The van der Waals surface area contributed by atoms with E-state index in [1.807, 2.05) is 51.6 Å². The lowest BCUT2D eigenvalue weighted by atomic mass is 10.4. The van der Waals surface area contributed by atoms with E-state index >= 15 is 0 Å². The molecule has 2 rings (SSSR count). The highest BCUT2D eigenvalue weighted by Gasteiger charge is 2.18. The molecule has 82 valence electrons. The zero-order valence-electron chi connectivity index (χ0n) is 8.93. The van der Waals surface area contributed by atoms with Crippen molar-refractivity contribution in [3.8, 4) is 0 Å². The normalized spacial score (nSPS) is 16.7. The molecule has 0 radical (unpaired) electrons. The van der Waals surface area contributed by atoms with E-state index in [9.17, 15) is 4.79 Å². The van der Waals surface area contributed by atoms with Crippen molar-refractivity contribution in [1.82, 2.24) is 9.47 Å². The van der Waals surface area contributed by atoms with Gasteiger partial charge in [-0.15, -0.1) is 0 Å². The standard InChI is InChI=1S/C10H16N3OS/c1-11-2-3-12(9-11)8-10(14)13-4-6-15-7-5-13/h2-3,9H,4-8H2,1H3/q+1. The Kier molecular flexibility index (Phi) is 3.30. The van der Waals surface area contributed by atoms with Gasteiger partial charge in [-0.05, 0) is 0 Å². The summed E-state index contributed by atoms with van der Waals surface area (Å²) in [5, 5.41) is 0. The molecule has 1 aliphatic heterocycles. The van der Waals surface area contributed by atoms with Crippen molar-refractivity contribution >= 4 is 17.7 Å². The fourth-order valence-electron chi connectivity index (χ4n) is 1.66. The molecule has 0 N–H and O–H groups in total. The molecule has 1 aromatic heterocycles. The lowest BCUT2D eigenvalue weighted by Gasteiger charge is -2.25. The number of carbonyl (C=O) groups is 1. The number of rotatable bonds is 2. The van der Waals surface area contributed by atoms with Crippen LogP contribution in [0, 0.1) is 0 Å². The lowest BCUT2D eigenvalue weighted by molar-refractivity contribution is -0.671. The van der Waals surface area contributed by atoms with E-state index in [1.165, 1.54) is 0 Å². The Morgan fingerprint density at radius 1 is 1.47 bits per heavy atom. The van der Waals surface area contributed by atoms with Crippen molar-refractivity contribution in [2.24, 2.45) is 7.05 Å². The maximum Gasteiger partial charge on any atom is 0.264 e. The van der Waals surface area contributed by atoms with E-state index in [2.05, 4.69) is 0 Å². The van der Waals surface area contributed by atoms with Crippen molar-refractivity contribution in [1.29, 1.82) is 0 Å². The lowest BCUT2D eigenvalue weighted by Crippen LogP contribution is -2.39. The Bertz CT molecular complexity index is 344. The largest absolute Gasteiger partial charge is 0.338 e. The Labute approximate surface area is 93.9 Å². The van der Waals surface area contributed by atoms with Gasteiger partial charge in [0.2, 0.25) is 6.33 Å². The van der Waals surface area contributed by atoms with Crippen molar-refractivity contribution < 1.29 is 9.36 Å². The van der Waals surface area contributed by atoms with Gasteiger partial charge in [0.25, 0.3) is 5.91 Å². The average Bonchev–Trinajstić information content (AvgIpc) is 2.65. The second kappa shape index (κ2) is 4.70. The summed E-state index contributed by atoms with van der Waals surface area (Å²) in [4.78, 5) is 13.8. The van der Waals surface area contributed by atoms with Crippen LogP contribution in [0.5, 0.6) is 0 Å². The van der Waals surface area contributed by atoms with Crippen LogP contribution in [0.25, 0.3) is 0 Å². The van der Waals surface area contributed by atoms with Crippen LogP contribution in [0.15, 0.2) is 18.7 Å². The fraction of sp³-hybridized carbons (Fsp3) is 0.600. The highest BCUT2D eigenvalue weighted by Crippen LogP contribution is 2.09. The molecule has 0 bridgehead atoms. The molecule has 0 aliphatic carbocycles. The molecule has 1 fully saturated rings. The highest BCUT2D eigenvalue weighted by molar-refractivity contribution is 7.99. The third kappa shape index (κ3) is 2.75. The van der Waals surface area contributed by atoms with Gasteiger partial charge in [0.05, 0.1) is 7.05 Å². The number of aryl methyl sites for hydroxylation is 1. The van der Waals surface area contributed by atoms with E-state index in [4.69, 9.17) is 0 Å². The SMILES string of the molecule is C[n+]1ccn(CC(=O)N2CCSCC2)c1. The summed E-state index contributed by atoms with van der Waals surface area (Å²) < 4.78 is 3.86. The second-order valence-corrected chi connectivity index (χ2v) is 4.97. The van der Waals surface area contributed by atoms with Crippen molar-refractivity contribution in [3.05, 3.63) is 18.7 Å². The number of aromatic nitrogens is 2. The summed E-state index contributed by atoms with van der Waals surface area (Å²) in [5.41, 5.74) is 0. The number of amides is 1. The van der Waals surface area contributed by atoms with Crippen LogP contribution in [-0.2, 0) is 18.4 Å². The Balaban J connectivity index is 1.91. The number of nitrogens with zero attached hydrogens (tertiary/aromatic N) is 3. The predicted molar refractivity (Wildman–Crippen MR) is 59.5 cm³/mol. The average molecular weight is 226 g/mol. The maximum atomic E-state index is 11.9. The van der Waals surface area contributed by atoms with Crippen LogP contribution in [0.4, 0.5) is 0 Å². The topological polar surface area (TPSA) is 29.1 Å². The predicted octanol–water partition coefficient (Wildman–Crippen LogP) is -0.112. The molecular formula is C10H16N3OS+. The molecule has 2 heterocycles. The molecule has 0 atom stereocenters. The van der Waals surface area contributed by atoms with Gasteiger partial charge in [-0.1, -0.05) is 0 Å². The van der Waals surface area contributed by atoms with E-state index in [0.717, 1.165) is 24.6 Å². The van der Waals surface area contributed by atoms with Gasteiger partial charge < -0.3 is 4.90 Å². The first-order chi connectivity index (χ1) is 7.25. The van der Waals surface area contributed by atoms with E-state index in [0.29, 0.717) is 6.54 Å². The zero-order valence-corrected chi connectivity index (χ0v) is 9.74. The molecule has 0 saturated carbocycles. The van der Waals surface area contributed by atoms with Crippen molar-refractivity contribution in [3.63, 3.8) is 0 Å². The van der Waals surface area contributed by atoms with Crippen molar-refractivity contribution in [2.45, 2.75) is 6.54 Å². The number of thioether (sulfide) groups is 1. The minimum atomic E-state index is 0.228. The molecule has 0 unspecified atom stereocenters. The van der Waals surface area contributed by atoms with Crippen molar-refractivity contribution in [2.75, 3.05) is 24.6 Å². The van der Waals surface area contributed by atoms with Crippen LogP contribution in [0.1, 0.15) is 0 Å². The summed E-state index contributed by atoms with van der Waals surface area (Å²) in [6.45, 7) is 2.26. The maximum absolute atomic E-state index is 11.9. The summed E-state index contributed by atoms with van der Waals surface area (Å²) in [7, 11) is 1.96. The van der Waals surface area contributed by atoms with Gasteiger partial charge in [-0.25, -0.2) is 9.13 Å². The van der Waals surface area contributed by atoms with E-state index < -0.39 is 0 Å². The number of imidazole rings is 1. The molecule has 1 amide bonds. The minimum Gasteiger partial charge on any atom is -0.338 e. The van der Waals surface area contributed by atoms with Gasteiger partial charge in [0, 0.05) is 24.6 Å². The summed E-state index contributed by atoms with van der Waals surface area (Å²) in [6, 6.07) is 0. The molecule has 0 aromatic carbocycles. The molecule has 1 aliphatic rings. The van der Waals surface area contributed by atoms with Crippen LogP contribution in [0.3, 0.4) is 0 Å². The molecular weight excluding hydrogens is 210 g/mol. The second-order valence-electron chi connectivity index (χ2n) is 3.74. The molecule has 15 heavy (non-hydrogen) atoms. The fourth-order valence-corrected chi connectivity index (χ4v) is 2.57. The molecule has 4 nitrogen and oxygen atoms in total. The Hall–Kier alpha value is -0.970. The smallest absolute Gasteiger partial charge is 0.264 e. The molecule has 5 heteroatoms. The summed E-state index contributed by atoms with van der Waals surface area (Å²) >= 11 is 1.92. The first-order valence-corrected chi connectivity index (χ1v) is 6.28. The summed E-state index contributed by atoms with van der Waals surface area (Å²) in [5.74, 6) is 2.38. The van der Waals surface area contributed by atoms with Crippen LogP contribution in [0.2, 0.25) is 0 Å². The van der Waals surface area contributed by atoms with Gasteiger partial charge in [0.15, 0.2) is 6.54 Å². The zero-order chi connectivity index (χ0) is 10.7. The molecule has 1 saturated heterocycles. The summed E-state index contributed by atoms with van der Waals surface area (Å²) in [6.07, 6.45) is 5.80. The number of hydrogen-bond donors (Lipinski definition) is 0. The van der Waals surface area contributed by atoms with Crippen LogP contribution >= 0.6 is 11.8 Å². The third-order valence-electron chi connectivity index (χ3n) is 2.51. The first kappa shape index (κ1) is 10.5. The first-order valence-electron chi connectivity index (χ1n) is 5.12. The van der Waals surface area contributed by atoms with Gasteiger partial charge >= 0.3 is 0 Å². The number of hydrogen-bond acceptors (Lipinski definition) is 2. The molecule has 0 spiro atoms. The minimum absolute atomic E-state index is 0.228. The molecule has 1 aromatic rings. The highest BCUT2D eigenvalue weighted by atomic mass is 32.2. The van der Waals surface area contributed by atoms with Crippen LogP contribution in [-0.4, -0.2) is 40.0 Å².